The average Bonchev–Trinajstić information content (AvgIpc) is 2.30. The first kappa shape index (κ1) is 17.0. The summed E-state index contributed by atoms with van der Waals surface area (Å²) in [6.07, 6.45) is 0.569. The van der Waals surface area contributed by atoms with Crippen molar-refractivity contribution in [3.05, 3.63) is 26.7 Å². The van der Waals surface area contributed by atoms with Crippen molar-refractivity contribution in [3.8, 4) is 0 Å². The number of hydrogen-bond acceptors (Lipinski definition) is 3. The summed E-state index contributed by atoms with van der Waals surface area (Å²) >= 11 is 15.2. The van der Waals surface area contributed by atoms with Crippen molar-refractivity contribution in [3.63, 3.8) is 0 Å². The molecule has 0 saturated heterocycles. The smallest absolute Gasteiger partial charge is 0.301 e. The van der Waals surface area contributed by atoms with Gasteiger partial charge >= 0.3 is 10.2 Å². The molecular formula is C10H14BrCl2N3O2S. The maximum Gasteiger partial charge on any atom is 0.301 e. The Morgan fingerprint density at radius 2 is 1.89 bits per heavy atom. The van der Waals surface area contributed by atoms with Crippen LogP contribution in [0.25, 0.3) is 0 Å². The third-order valence-electron chi connectivity index (χ3n) is 2.33. The summed E-state index contributed by atoms with van der Waals surface area (Å²) in [5.41, 5.74) is 5.51. The molecule has 0 unspecified atom stereocenters. The van der Waals surface area contributed by atoms with Crippen molar-refractivity contribution < 1.29 is 8.42 Å². The lowest BCUT2D eigenvalue weighted by atomic mass is 10.3. The Bertz CT molecular complexity index is 531. The summed E-state index contributed by atoms with van der Waals surface area (Å²) in [4.78, 5) is 0. The molecule has 0 bridgehead atoms. The molecule has 0 aliphatic rings. The van der Waals surface area contributed by atoms with Gasteiger partial charge in [0.05, 0.1) is 15.7 Å². The molecule has 5 nitrogen and oxygen atoms in total. The predicted octanol–water partition coefficient (Wildman–Crippen LogP) is 2.69. The van der Waals surface area contributed by atoms with E-state index in [1.54, 1.807) is 12.1 Å². The third-order valence-corrected chi connectivity index (χ3v) is 4.84. The zero-order chi connectivity index (χ0) is 14.6. The van der Waals surface area contributed by atoms with Crippen molar-refractivity contribution in [2.24, 2.45) is 5.73 Å². The molecule has 0 fully saturated rings. The Hall–Kier alpha value is -0.0500. The van der Waals surface area contributed by atoms with E-state index in [2.05, 4.69) is 20.7 Å². The van der Waals surface area contributed by atoms with E-state index in [4.69, 9.17) is 28.9 Å². The number of rotatable bonds is 6. The number of nitrogens with one attached hydrogen (secondary N) is 1. The Morgan fingerprint density at radius 3 is 2.37 bits per heavy atom. The molecule has 0 aliphatic heterocycles. The van der Waals surface area contributed by atoms with Crippen LogP contribution in [0.15, 0.2) is 16.6 Å². The third kappa shape index (κ3) is 4.77. The predicted molar refractivity (Wildman–Crippen MR) is 83.0 cm³/mol. The zero-order valence-electron chi connectivity index (χ0n) is 10.2. The lowest BCUT2D eigenvalue weighted by Gasteiger charge is -2.19. The van der Waals surface area contributed by atoms with E-state index < -0.39 is 10.2 Å². The van der Waals surface area contributed by atoms with Crippen LogP contribution in [0.2, 0.25) is 10.0 Å². The van der Waals surface area contributed by atoms with Crippen LogP contribution in [0, 0.1) is 0 Å². The molecule has 1 aromatic carbocycles. The highest BCUT2D eigenvalue weighted by Gasteiger charge is 2.20. The first-order valence-electron chi connectivity index (χ1n) is 5.36. The number of hydrogen-bond donors (Lipinski definition) is 2. The summed E-state index contributed by atoms with van der Waals surface area (Å²) < 4.78 is 28.3. The van der Waals surface area contributed by atoms with E-state index in [0.717, 1.165) is 4.31 Å². The Labute approximate surface area is 131 Å². The second-order valence-electron chi connectivity index (χ2n) is 3.82. The van der Waals surface area contributed by atoms with E-state index >= 15 is 0 Å². The van der Waals surface area contributed by atoms with Gasteiger partial charge in [-0.3, -0.25) is 4.72 Å². The van der Waals surface area contributed by atoms with Gasteiger partial charge in [0.1, 0.15) is 0 Å². The Morgan fingerprint density at radius 1 is 1.37 bits per heavy atom. The Balaban J connectivity index is 2.96. The maximum absolute atomic E-state index is 12.0. The molecule has 0 atom stereocenters. The molecule has 1 rings (SSSR count). The van der Waals surface area contributed by atoms with Crippen LogP contribution in [-0.4, -0.2) is 32.9 Å². The molecule has 19 heavy (non-hydrogen) atoms. The molecule has 3 N–H and O–H groups in total. The minimum Gasteiger partial charge on any atom is -0.330 e. The molecule has 9 heteroatoms. The fourth-order valence-corrected chi connectivity index (χ4v) is 3.70. The number of benzene rings is 1. The number of nitrogens with zero attached hydrogens (tertiary/aromatic N) is 1. The molecule has 0 radical (unpaired) electrons. The largest absolute Gasteiger partial charge is 0.330 e. The summed E-state index contributed by atoms with van der Waals surface area (Å²) in [6.45, 7) is 0.733. The molecule has 1 aromatic rings. The van der Waals surface area contributed by atoms with Gasteiger partial charge in [0.2, 0.25) is 0 Å². The molecule has 0 saturated carbocycles. The second kappa shape index (κ2) is 7.10. The van der Waals surface area contributed by atoms with Crippen molar-refractivity contribution in [1.29, 1.82) is 0 Å². The lowest BCUT2D eigenvalue weighted by Crippen LogP contribution is -2.34. The van der Waals surface area contributed by atoms with Crippen LogP contribution in [-0.2, 0) is 10.2 Å². The monoisotopic (exact) mass is 389 g/mol. The second-order valence-corrected chi connectivity index (χ2v) is 7.32. The van der Waals surface area contributed by atoms with Gasteiger partial charge in [0, 0.05) is 18.1 Å². The van der Waals surface area contributed by atoms with E-state index in [1.165, 1.54) is 7.05 Å². The van der Waals surface area contributed by atoms with Gasteiger partial charge in [0.15, 0.2) is 0 Å². The molecule has 0 amide bonds. The first-order chi connectivity index (χ1) is 8.77. The van der Waals surface area contributed by atoms with Crippen LogP contribution in [0.5, 0.6) is 0 Å². The summed E-state index contributed by atoms with van der Waals surface area (Å²) in [6, 6.07) is 3.12. The topological polar surface area (TPSA) is 75.4 Å². The number of anilines is 1. The van der Waals surface area contributed by atoms with E-state index in [-0.39, 0.29) is 15.7 Å². The minimum atomic E-state index is -3.70. The summed E-state index contributed by atoms with van der Waals surface area (Å²) in [5.74, 6) is 0. The molecule has 0 aromatic heterocycles. The normalized spacial score (nSPS) is 11.9. The fourth-order valence-electron chi connectivity index (χ4n) is 1.28. The minimum absolute atomic E-state index is 0.158. The highest BCUT2D eigenvalue weighted by Crippen LogP contribution is 2.34. The van der Waals surface area contributed by atoms with Gasteiger partial charge in [-0.05, 0) is 25.1 Å². The van der Waals surface area contributed by atoms with Gasteiger partial charge < -0.3 is 5.73 Å². The lowest BCUT2D eigenvalue weighted by molar-refractivity contribution is 0.468. The molecule has 0 heterocycles. The Kier molecular flexibility index (Phi) is 6.35. The molecule has 0 aliphatic carbocycles. The molecule has 0 spiro atoms. The first-order valence-corrected chi connectivity index (χ1v) is 8.35. The number of halogens is 3. The standard InChI is InChI=1S/C10H14BrCl2N3O2S/c1-16(4-2-3-14)19(17,18)15-10-8(12)5-7(11)6-9(10)13/h5-6,15H,2-4,14H2,1H3. The molecular weight excluding hydrogens is 377 g/mol. The highest BCUT2D eigenvalue weighted by molar-refractivity contribution is 9.10. The van der Waals surface area contributed by atoms with Gasteiger partial charge in [-0.2, -0.15) is 12.7 Å². The summed E-state index contributed by atoms with van der Waals surface area (Å²) in [7, 11) is -2.24. The zero-order valence-corrected chi connectivity index (χ0v) is 14.1. The van der Waals surface area contributed by atoms with Gasteiger partial charge in [-0.1, -0.05) is 39.1 Å². The highest BCUT2D eigenvalue weighted by atomic mass is 79.9. The fraction of sp³-hybridized carbons (Fsp3) is 0.400. The van der Waals surface area contributed by atoms with Gasteiger partial charge in [0.25, 0.3) is 0 Å². The molecule has 108 valence electrons. The van der Waals surface area contributed by atoms with Crippen LogP contribution >= 0.6 is 39.1 Å². The van der Waals surface area contributed by atoms with Crippen molar-refractivity contribution in [2.45, 2.75) is 6.42 Å². The SMILES string of the molecule is CN(CCCN)S(=O)(=O)Nc1c(Cl)cc(Br)cc1Cl. The van der Waals surface area contributed by atoms with Crippen LogP contribution in [0.1, 0.15) is 6.42 Å². The van der Waals surface area contributed by atoms with Gasteiger partial charge in [-0.15, -0.1) is 0 Å². The number of nitrogens with two attached hydrogens (primary N) is 1. The van der Waals surface area contributed by atoms with E-state index in [9.17, 15) is 8.42 Å². The summed E-state index contributed by atoms with van der Waals surface area (Å²) in [5, 5.41) is 0.436. The van der Waals surface area contributed by atoms with Crippen LogP contribution in [0.4, 0.5) is 5.69 Å². The van der Waals surface area contributed by atoms with Crippen LogP contribution < -0.4 is 10.5 Å². The average molecular weight is 391 g/mol. The van der Waals surface area contributed by atoms with Crippen molar-refractivity contribution in [2.75, 3.05) is 24.9 Å². The quantitative estimate of drug-likeness (QED) is 0.783. The van der Waals surface area contributed by atoms with Crippen LogP contribution in [0.3, 0.4) is 0 Å². The van der Waals surface area contributed by atoms with Crippen molar-refractivity contribution >= 4 is 55.0 Å². The van der Waals surface area contributed by atoms with Gasteiger partial charge in [-0.25, -0.2) is 0 Å². The van der Waals surface area contributed by atoms with E-state index in [1.807, 2.05) is 0 Å². The maximum atomic E-state index is 12.0. The van der Waals surface area contributed by atoms with E-state index in [0.29, 0.717) is 24.0 Å². The van der Waals surface area contributed by atoms with Crippen molar-refractivity contribution in [1.82, 2.24) is 4.31 Å².